The fourth-order valence-electron chi connectivity index (χ4n) is 3.91. The summed E-state index contributed by atoms with van der Waals surface area (Å²) in [7, 11) is 1.87. The Balaban J connectivity index is 1.83. The Labute approximate surface area is 144 Å². The first-order valence-electron chi connectivity index (χ1n) is 8.25. The molecule has 0 spiro atoms. The second kappa shape index (κ2) is 5.05. The lowest BCUT2D eigenvalue weighted by Crippen LogP contribution is -2.39. The van der Waals surface area contributed by atoms with Crippen LogP contribution in [0.5, 0.6) is 0 Å². The molecule has 1 N–H and O–H groups in total. The Bertz CT molecular complexity index is 923. The molecule has 1 fully saturated rings. The van der Waals surface area contributed by atoms with Gasteiger partial charge in [-0.2, -0.15) is 5.10 Å². The molecule has 1 aliphatic heterocycles. The molecule has 24 heavy (non-hydrogen) atoms. The minimum absolute atomic E-state index is 0.495. The molecule has 0 bridgehead atoms. The molecule has 5 rings (SSSR count). The van der Waals surface area contributed by atoms with Crippen LogP contribution in [0.25, 0.3) is 22.3 Å². The number of nitrogens with zero attached hydrogens (tertiary/aromatic N) is 5. The minimum atomic E-state index is -0.638. The highest BCUT2D eigenvalue weighted by Crippen LogP contribution is 2.44. The summed E-state index contributed by atoms with van der Waals surface area (Å²) in [6, 6.07) is 4.48. The maximum absolute atomic E-state index is 11.1. The van der Waals surface area contributed by atoms with Gasteiger partial charge in [-0.1, -0.05) is 11.6 Å². The van der Waals surface area contributed by atoms with Gasteiger partial charge in [0.1, 0.15) is 6.23 Å². The number of hydrogen-bond acceptors (Lipinski definition) is 4. The average molecular weight is 344 g/mol. The van der Waals surface area contributed by atoms with Crippen molar-refractivity contribution in [1.82, 2.24) is 24.2 Å². The zero-order valence-electron chi connectivity index (χ0n) is 13.4. The van der Waals surface area contributed by atoms with Crippen LogP contribution in [0.2, 0.25) is 5.02 Å². The first-order valence-corrected chi connectivity index (χ1v) is 8.63. The van der Waals surface area contributed by atoms with E-state index in [0.29, 0.717) is 11.1 Å². The molecule has 1 saturated carbocycles. The largest absolute Gasteiger partial charge is 0.372 e. The fraction of sp³-hybridized carbons (Fsp3) is 0.412. The van der Waals surface area contributed by atoms with Crippen molar-refractivity contribution in [3.8, 4) is 11.3 Å². The monoisotopic (exact) mass is 343 g/mol. The van der Waals surface area contributed by atoms with Gasteiger partial charge in [0.25, 0.3) is 0 Å². The van der Waals surface area contributed by atoms with Gasteiger partial charge in [-0.05, 0) is 25.0 Å². The summed E-state index contributed by atoms with van der Waals surface area (Å²) in [5.41, 5.74) is 4.50. The Morgan fingerprint density at radius 1 is 1.29 bits per heavy atom. The van der Waals surface area contributed by atoms with E-state index >= 15 is 0 Å². The standard InChI is InChI=1S/C17H18ClN5O/c1-21-15(11(18)9-20-21)13-14-12(3-2-6-19-14)23-8-7-22(10-4-5-10)17(24)16(13)23/h2-3,6,9-10,17,24H,4-5,7-8H2,1H3. The summed E-state index contributed by atoms with van der Waals surface area (Å²) in [5, 5.41) is 15.9. The highest BCUT2D eigenvalue weighted by Gasteiger charge is 2.40. The van der Waals surface area contributed by atoms with E-state index < -0.39 is 6.23 Å². The van der Waals surface area contributed by atoms with Crippen LogP contribution in [0.15, 0.2) is 24.5 Å². The molecular weight excluding hydrogens is 326 g/mol. The second-order valence-electron chi connectivity index (χ2n) is 6.59. The van der Waals surface area contributed by atoms with Gasteiger partial charge in [-0.25, -0.2) is 0 Å². The van der Waals surface area contributed by atoms with Crippen LogP contribution in [0, 0.1) is 0 Å². The first-order chi connectivity index (χ1) is 11.7. The summed E-state index contributed by atoms with van der Waals surface area (Å²) in [6.07, 6.45) is 5.12. The van der Waals surface area contributed by atoms with Crippen LogP contribution >= 0.6 is 11.6 Å². The molecule has 0 saturated heterocycles. The van der Waals surface area contributed by atoms with Crippen molar-refractivity contribution in [2.45, 2.75) is 31.7 Å². The molecule has 124 valence electrons. The molecule has 7 heteroatoms. The molecule has 1 aliphatic carbocycles. The summed E-state index contributed by atoms with van der Waals surface area (Å²) < 4.78 is 3.94. The SMILES string of the molecule is Cn1ncc(Cl)c1-c1c2n(c3cccnc13)CCN(C1CC1)C2O. The highest BCUT2D eigenvalue weighted by molar-refractivity contribution is 6.33. The number of pyridine rings is 1. The molecule has 0 radical (unpaired) electrons. The van der Waals surface area contributed by atoms with E-state index in [9.17, 15) is 5.11 Å². The van der Waals surface area contributed by atoms with Crippen molar-refractivity contribution in [3.63, 3.8) is 0 Å². The van der Waals surface area contributed by atoms with Crippen LogP contribution in [0.3, 0.4) is 0 Å². The van der Waals surface area contributed by atoms with E-state index in [0.717, 1.165) is 53.9 Å². The zero-order valence-corrected chi connectivity index (χ0v) is 14.1. The van der Waals surface area contributed by atoms with Crippen molar-refractivity contribution in [1.29, 1.82) is 0 Å². The normalized spacial score (nSPS) is 21.4. The van der Waals surface area contributed by atoms with Gasteiger partial charge in [-0.3, -0.25) is 14.6 Å². The molecule has 0 amide bonds. The van der Waals surface area contributed by atoms with E-state index in [-0.39, 0.29) is 0 Å². The quantitative estimate of drug-likeness (QED) is 0.777. The minimum Gasteiger partial charge on any atom is -0.372 e. The predicted molar refractivity (Wildman–Crippen MR) is 91.6 cm³/mol. The van der Waals surface area contributed by atoms with Crippen LogP contribution in [0.1, 0.15) is 24.8 Å². The number of aliphatic hydroxyl groups excluding tert-OH is 1. The summed E-state index contributed by atoms with van der Waals surface area (Å²) in [5.74, 6) is 0. The summed E-state index contributed by atoms with van der Waals surface area (Å²) in [6.45, 7) is 1.70. The van der Waals surface area contributed by atoms with E-state index in [1.165, 1.54) is 0 Å². The lowest BCUT2D eigenvalue weighted by molar-refractivity contribution is -0.0255. The van der Waals surface area contributed by atoms with Gasteiger partial charge >= 0.3 is 0 Å². The summed E-state index contributed by atoms with van der Waals surface area (Å²) in [4.78, 5) is 6.79. The Kier molecular flexibility index (Phi) is 3.04. The van der Waals surface area contributed by atoms with E-state index in [1.807, 2.05) is 13.1 Å². The Morgan fingerprint density at radius 2 is 2.12 bits per heavy atom. The van der Waals surface area contributed by atoms with Gasteiger partial charge < -0.3 is 9.67 Å². The van der Waals surface area contributed by atoms with Gasteiger partial charge in [0.05, 0.1) is 39.2 Å². The number of fused-ring (bicyclic) bond motifs is 3. The average Bonchev–Trinajstić information content (AvgIpc) is 3.30. The third kappa shape index (κ3) is 1.90. The van der Waals surface area contributed by atoms with E-state index in [1.54, 1.807) is 17.1 Å². The lowest BCUT2D eigenvalue weighted by Gasteiger charge is -2.34. The van der Waals surface area contributed by atoms with Crippen LogP contribution in [0.4, 0.5) is 0 Å². The first kappa shape index (κ1) is 14.5. The van der Waals surface area contributed by atoms with Gasteiger partial charge in [0.2, 0.25) is 0 Å². The van der Waals surface area contributed by atoms with Crippen molar-refractivity contribution < 1.29 is 5.11 Å². The van der Waals surface area contributed by atoms with E-state index in [2.05, 4.69) is 25.6 Å². The molecular formula is C17H18ClN5O. The highest BCUT2D eigenvalue weighted by atomic mass is 35.5. The molecule has 6 nitrogen and oxygen atoms in total. The third-order valence-electron chi connectivity index (χ3n) is 5.15. The smallest absolute Gasteiger partial charge is 0.149 e. The number of hydrogen-bond donors (Lipinski definition) is 1. The van der Waals surface area contributed by atoms with Crippen LogP contribution in [-0.4, -0.2) is 41.9 Å². The maximum atomic E-state index is 11.1. The Hall–Kier alpha value is -1.89. The number of aromatic nitrogens is 4. The van der Waals surface area contributed by atoms with Gasteiger partial charge in [-0.15, -0.1) is 0 Å². The number of halogens is 1. The van der Waals surface area contributed by atoms with Crippen molar-refractivity contribution in [2.24, 2.45) is 7.05 Å². The van der Waals surface area contributed by atoms with E-state index in [4.69, 9.17) is 11.6 Å². The molecule has 0 aromatic carbocycles. The van der Waals surface area contributed by atoms with Crippen molar-refractivity contribution in [2.75, 3.05) is 6.54 Å². The van der Waals surface area contributed by atoms with Crippen LogP contribution in [-0.2, 0) is 13.6 Å². The zero-order chi connectivity index (χ0) is 16.4. The van der Waals surface area contributed by atoms with Gasteiger partial charge in [0.15, 0.2) is 0 Å². The van der Waals surface area contributed by atoms with Crippen molar-refractivity contribution in [3.05, 3.63) is 35.2 Å². The molecule has 1 unspecified atom stereocenters. The molecule has 4 heterocycles. The van der Waals surface area contributed by atoms with Crippen molar-refractivity contribution >= 4 is 22.6 Å². The lowest BCUT2D eigenvalue weighted by atomic mass is 10.1. The summed E-state index contributed by atoms with van der Waals surface area (Å²) >= 11 is 6.42. The molecule has 3 aromatic rings. The predicted octanol–water partition coefficient (Wildman–Crippen LogP) is 2.56. The second-order valence-corrected chi connectivity index (χ2v) is 7.00. The fourth-order valence-corrected chi connectivity index (χ4v) is 4.17. The number of rotatable bonds is 2. The van der Waals surface area contributed by atoms with Gasteiger partial charge in [0, 0.05) is 32.4 Å². The molecule has 2 aliphatic rings. The third-order valence-corrected chi connectivity index (χ3v) is 5.42. The molecule has 3 aromatic heterocycles. The number of aliphatic hydroxyl groups is 1. The number of aryl methyl sites for hydroxylation is 1. The maximum Gasteiger partial charge on any atom is 0.149 e. The Morgan fingerprint density at radius 3 is 2.83 bits per heavy atom. The van der Waals surface area contributed by atoms with Crippen LogP contribution < -0.4 is 0 Å². The molecule has 1 atom stereocenters. The topological polar surface area (TPSA) is 59.1 Å².